The van der Waals surface area contributed by atoms with Crippen LogP contribution in [0, 0.1) is 11.7 Å². The van der Waals surface area contributed by atoms with Gasteiger partial charge in [-0.25, -0.2) is 4.39 Å². The first-order chi connectivity index (χ1) is 8.07. The highest BCUT2D eigenvalue weighted by Crippen LogP contribution is 2.28. The molecule has 1 aromatic rings. The number of halogens is 1. The van der Waals surface area contributed by atoms with Crippen LogP contribution in [-0.4, -0.2) is 17.6 Å². The lowest BCUT2D eigenvalue weighted by atomic mass is 9.85. The van der Waals surface area contributed by atoms with Crippen LogP contribution in [0.15, 0.2) is 18.3 Å². The Bertz CT molecular complexity index is 339. The molecule has 0 saturated carbocycles. The highest BCUT2D eigenvalue weighted by Gasteiger charge is 2.26. The molecule has 0 aliphatic carbocycles. The van der Waals surface area contributed by atoms with E-state index in [9.17, 15) is 4.39 Å². The van der Waals surface area contributed by atoms with Crippen LogP contribution in [0.4, 0.5) is 4.39 Å². The molecule has 96 valence electrons. The third kappa shape index (κ3) is 3.77. The van der Waals surface area contributed by atoms with Crippen molar-refractivity contribution in [3.8, 4) is 0 Å². The third-order valence-electron chi connectivity index (χ3n) is 3.08. The molecule has 0 spiro atoms. The Morgan fingerprint density at radius 3 is 2.59 bits per heavy atom. The van der Waals surface area contributed by atoms with Crippen molar-refractivity contribution in [2.75, 3.05) is 6.54 Å². The summed E-state index contributed by atoms with van der Waals surface area (Å²) < 4.78 is 13.8. The van der Waals surface area contributed by atoms with Crippen LogP contribution < -0.4 is 5.32 Å². The van der Waals surface area contributed by atoms with Crippen molar-refractivity contribution in [3.63, 3.8) is 0 Å². The molecule has 0 aromatic carbocycles. The summed E-state index contributed by atoms with van der Waals surface area (Å²) in [7, 11) is 0. The molecule has 1 rings (SSSR count). The normalized spacial score (nSPS) is 14.9. The Morgan fingerprint density at radius 2 is 2.06 bits per heavy atom. The fourth-order valence-corrected chi connectivity index (χ4v) is 2.27. The number of rotatable bonds is 6. The number of nitrogens with one attached hydrogen (secondary N) is 1. The SMILES string of the molecule is CCCNC(C)C(c1ncccc1F)C(C)C. The molecule has 2 atom stereocenters. The summed E-state index contributed by atoms with van der Waals surface area (Å²) in [6.45, 7) is 9.42. The highest BCUT2D eigenvalue weighted by atomic mass is 19.1. The summed E-state index contributed by atoms with van der Waals surface area (Å²) in [5.74, 6) is 0.276. The van der Waals surface area contributed by atoms with Gasteiger partial charge in [0.1, 0.15) is 5.82 Å². The van der Waals surface area contributed by atoms with E-state index in [-0.39, 0.29) is 17.8 Å². The van der Waals surface area contributed by atoms with Gasteiger partial charge in [0.05, 0.1) is 5.69 Å². The van der Waals surface area contributed by atoms with Crippen molar-refractivity contribution in [2.45, 2.75) is 46.1 Å². The van der Waals surface area contributed by atoms with Crippen LogP contribution in [0.25, 0.3) is 0 Å². The summed E-state index contributed by atoms with van der Waals surface area (Å²) in [6, 6.07) is 3.37. The lowest BCUT2D eigenvalue weighted by Crippen LogP contribution is -2.36. The minimum atomic E-state index is -0.198. The summed E-state index contributed by atoms with van der Waals surface area (Å²) in [5, 5.41) is 3.43. The van der Waals surface area contributed by atoms with Gasteiger partial charge in [-0.2, -0.15) is 0 Å². The van der Waals surface area contributed by atoms with Crippen molar-refractivity contribution in [1.29, 1.82) is 0 Å². The number of nitrogens with zero attached hydrogens (tertiary/aromatic N) is 1. The molecular formula is C14H23FN2. The van der Waals surface area contributed by atoms with E-state index < -0.39 is 0 Å². The molecule has 0 aliphatic heterocycles. The molecule has 1 N–H and O–H groups in total. The van der Waals surface area contributed by atoms with Crippen molar-refractivity contribution < 1.29 is 4.39 Å². The topological polar surface area (TPSA) is 24.9 Å². The maximum absolute atomic E-state index is 13.8. The van der Waals surface area contributed by atoms with Crippen molar-refractivity contribution in [3.05, 3.63) is 29.8 Å². The van der Waals surface area contributed by atoms with Gasteiger partial charge in [0.2, 0.25) is 0 Å². The van der Waals surface area contributed by atoms with E-state index in [4.69, 9.17) is 0 Å². The van der Waals surface area contributed by atoms with Gasteiger partial charge in [0.15, 0.2) is 0 Å². The molecule has 1 aromatic heterocycles. The van der Waals surface area contributed by atoms with Gasteiger partial charge >= 0.3 is 0 Å². The molecule has 0 saturated heterocycles. The van der Waals surface area contributed by atoms with Crippen LogP contribution in [0.1, 0.15) is 45.7 Å². The average Bonchev–Trinajstić information content (AvgIpc) is 2.29. The Kier molecular flexibility index (Phi) is 5.56. The summed E-state index contributed by atoms with van der Waals surface area (Å²) in [6.07, 6.45) is 2.75. The molecule has 2 nitrogen and oxygen atoms in total. The largest absolute Gasteiger partial charge is 0.314 e. The maximum Gasteiger partial charge on any atom is 0.145 e. The van der Waals surface area contributed by atoms with E-state index in [1.807, 2.05) is 0 Å². The first-order valence-electron chi connectivity index (χ1n) is 6.41. The van der Waals surface area contributed by atoms with Crippen molar-refractivity contribution in [1.82, 2.24) is 10.3 Å². The van der Waals surface area contributed by atoms with Crippen LogP contribution in [-0.2, 0) is 0 Å². The molecule has 0 fully saturated rings. The van der Waals surface area contributed by atoms with Gasteiger partial charge in [-0.05, 0) is 37.9 Å². The van der Waals surface area contributed by atoms with Crippen molar-refractivity contribution >= 4 is 0 Å². The van der Waals surface area contributed by atoms with E-state index in [2.05, 4.69) is 38.0 Å². The highest BCUT2D eigenvalue weighted by molar-refractivity contribution is 5.15. The molecule has 0 radical (unpaired) electrons. The number of pyridine rings is 1. The second-order valence-electron chi connectivity index (χ2n) is 4.88. The van der Waals surface area contributed by atoms with Crippen molar-refractivity contribution in [2.24, 2.45) is 5.92 Å². The summed E-state index contributed by atoms with van der Waals surface area (Å²) >= 11 is 0. The Hall–Kier alpha value is -0.960. The molecule has 0 amide bonds. The molecule has 0 bridgehead atoms. The van der Waals surface area contributed by atoms with Gasteiger partial charge < -0.3 is 5.32 Å². The fraction of sp³-hybridized carbons (Fsp3) is 0.643. The molecule has 1 heterocycles. The average molecular weight is 238 g/mol. The van der Waals surface area contributed by atoms with Gasteiger partial charge in [-0.3, -0.25) is 4.98 Å². The molecule has 3 heteroatoms. The van der Waals surface area contributed by atoms with E-state index in [0.717, 1.165) is 13.0 Å². The lowest BCUT2D eigenvalue weighted by Gasteiger charge is -2.28. The second-order valence-corrected chi connectivity index (χ2v) is 4.88. The Labute approximate surface area is 104 Å². The molecule has 2 unspecified atom stereocenters. The zero-order valence-electron chi connectivity index (χ0n) is 11.2. The maximum atomic E-state index is 13.8. The summed E-state index contributed by atoms with van der Waals surface area (Å²) in [4.78, 5) is 4.21. The molecular weight excluding hydrogens is 215 g/mol. The van der Waals surface area contributed by atoms with E-state index >= 15 is 0 Å². The van der Waals surface area contributed by atoms with Crippen LogP contribution in [0.2, 0.25) is 0 Å². The zero-order chi connectivity index (χ0) is 12.8. The van der Waals surface area contributed by atoms with E-state index in [1.165, 1.54) is 6.07 Å². The third-order valence-corrected chi connectivity index (χ3v) is 3.08. The minimum absolute atomic E-state index is 0.114. The monoisotopic (exact) mass is 238 g/mol. The first-order valence-corrected chi connectivity index (χ1v) is 6.41. The quantitative estimate of drug-likeness (QED) is 0.822. The van der Waals surface area contributed by atoms with Gasteiger partial charge in [0.25, 0.3) is 0 Å². The predicted octanol–water partition coefficient (Wildman–Crippen LogP) is 3.35. The van der Waals surface area contributed by atoms with Gasteiger partial charge in [-0.1, -0.05) is 20.8 Å². The van der Waals surface area contributed by atoms with Gasteiger partial charge in [0, 0.05) is 18.2 Å². The number of aromatic nitrogens is 1. The van der Waals surface area contributed by atoms with Crippen LogP contribution >= 0.6 is 0 Å². The predicted molar refractivity (Wildman–Crippen MR) is 69.5 cm³/mol. The van der Waals surface area contributed by atoms with E-state index in [0.29, 0.717) is 11.6 Å². The smallest absolute Gasteiger partial charge is 0.145 e. The van der Waals surface area contributed by atoms with E-state index in [1.54, 1.807) is 12.3 Å². The summed E-state index contributed by atoms with van der Waals surface area (Å²) in [5.41, 5.74) is 0.582. The minimum Gasteiger partial charge on any atom is -0.314 e. The van der Waals surface area contributed by atoms with Crippen LogP contribution in [0.5, 0.6) is 0 Å². The zero-order valence-corrected chi connectivity index (χ0v) is 11.2. The van der Waals surface area contributed by atoms with Gasteiger partial charge in [-0.15, -0.1) is 0 Å². The Morgan fingerprint density at radius 1 is 1.35 bits per heavy atom. The Balaban J connectivity index is 2.89. The fourth-order valence-electron chi connectivity index (χ4n) is 2.27. The second kappa shape index (κ2) is 6.70. The lowest BCUT2D eigenvalue weighted by molar-refractivity contribution is 0.359. The molecule has 0 aliphatic rings. The first kappa shape index (κ1) is 14.1. The number of hydrogen-bond acceptors (Lipinski definition) is 2. The standard InChI is InChI=1S/C14H23FN2/c1-5-8-16-11(4)13(10(2)3)14-12(15)7-6-9-17-14/h6-7,9-11,13,16H,5,8H2,1-4H3. The molecule has 17 heavy (non-hydrogen) atoms. The number of hydrogen-bond donors (Lipinski definition) is 1. The van der Waals surface area contributed by atoms with Crippen LogP contribution in [0.3, 0.4) is 0 Å².